The maximum atomic E-state index is 14.4. The molecule has 0 aliphatic heterocycles. The van der Waals surface area contributed by atoms with E-state index in [-0.39, 0.29) is 41.3 Å². The molecule has 0 spiro atoms. The first kappa shape index (κ1) is 18.1. The highest BCUT2D eigenvalue weighted by Crippen LogP contribution is 2.38. The standard InChI is InChI=1S/C19H17F2NO4/c1-3-26-19(24)14-10-22(11-6-7-11)17-12(5-4-8-25-2)16(21)15(20)9-13(17)18(14)23/h9-11H,3,6-8H2,1-2H3. The van der Waals surface area contributed by atoms with E-state index in [2.05, 4.69) is 11.8 Å². The van der Waals surface area contributed by atoms with Crippen molar-refractivity contribution in [1.82, 2.24) is 4.57 Å². The molecule has 1 aliphatic carbocycles. The first-order valence-electron chi connectivity index (χ1n) is 8.21. The number of fused-ring (bicyclic) bond motifs is 1. The molecule has 2 aromatic rings. The molecule has 0 bridgehead atoms. The number of benzene rings is 1. The molecule has 7 heteroatoms. The van der Waals surface area contributed by atoms with Crippen LogP contribution in [-0.4, -0.2) is 30.9 Å². The van der Waals surface area contributed by atoms with Crippen LogP contribution < -0.4 is 5.43 Å². The number of hydrogen-bond acceptors (Lipinski definition) is 4. The monoisotopic (exact) mass is 361 g/mol. The molecule has 0 amide bonds. The van der Waals surface area contributed by atoms with Gasteiger partial charge < -0.3 is 14.0 Å². The van der Waals surface area contributed by atoms with Crippen LogP contribution in [0.2, 0.25) is 0 Å². The zero-order valence-electron chi connectivity index (χ0n) is 14.4. The number of rotatable bonds is 4. The Bertz CT molecular complexity index is 997. The number of ether oxygens (including phenoxy) is 2. The second-order valence-electron chi connectivity index (χ2n) is 5.91. The van der Waals surface area contributed by atoms with E-state index in [1.165, 1.54) is 13.3 Å². The Balaban J connectivity index is 2.37. The van der Waals surface area contributed by atoms with Crippen LogP contribution >= 0.6 is 0 Å². The number of nitrogens with zero attached hydrogens (tertiary/aromatic N) is 1. The Hall–Kier alpha value is -2.72. The molecule has 0 unspecified atom stereocenters. The Morgan fingerprint density at radius 3 is 2.73 bits per heavy atom. The van der Waals surface area contributed by atoms with Gasteiger partial charge in [-0.25, -0.2) is 13.6 Å². The van der Waals surface area contributed by atoms with Crippen LogP contribution in [0.15, 0.2) is 17.1 Å². The minimum atomic E-state index is -1.19. The van der Waals surface area contributed by atoms with Gasteiger partial charge in [0.1, 0.15) is 12.2 Å². The van der Waals surface area contributed by atoms with Gasteiger partial charge in [-0.1, -0.05) is 11.8 Å². The minimum absolute atomic E-state index is 0.000821. The number of aromatic nitrogens is 1. The number of pyridine rings is 1. The lowest BCUT2D eigenvalue weighted by Crippen LogP contribution is -2.22. The van der Waals surface area contributed by atoms with E-state index in [9.17, 15) is 18.4 Å². The predicted octanol–water partition coefficient (Wildman–Crippen LogP) is 2.79. The number of halogens is 2. The molecule has 3 rings (SSSR count). The number of carbonyl (C=O) groups excluding carboxylic acids is 1. The second-order valence-corrected chi connectivity index (χ2v) is 5.91. The van der Waals surface area contributed by atoms with E-state index >= 15 is 0 Å². The normalized spacial score (nSPS) is 13.4. The summed E-state index contributed by atoms with van der Waals surface area (Å²) in [6.45, 7) is 1.76. The van der Waals surface area contributed by atoms with Gasteiger partial charge in [-0.2, -0.15) is 0 Å². The number of methoxy groups -OCH3 is 1. The summed E-state index contributed by atoms with van der Waals surface area (Å²) in [7, 11) is 1.43. The Morgan fingerprint density at radius 2 is 2.12 bits per heavy atom. The summed E-state index contributed by atoms with van der Waals surface area (Å²) < 4.78 is 39.9. The van der Waals surface area contributed by atoms with Crippen LogP contribution in [0.4, 0.5) is 8.78 Å². The summed E-state index contributed by atoms with van der Waals surface area (Å²) in [6, 6.07) is 0.815. The molecule has 0 atom stereocenters. The van der Waals surface area contributed by atoms with E-state index in [0.29, 0.717) is 0 Å². The number of esters is 1. The lowest BCUT2D eigenvalue weighted by molar-refractivity contribution is 0.0524. The highest BCUT2D eigenvalue weighted by Gasteiger charge is 2.29. The van der Waals surface area contributed by atoms with E-state index in [4.69, 9.17) is 9.47 Å². The Kier molecular flexibility index (Phi) is 5.05. The second kappa shape index (κ2) is 7.26. The molecular formula is C19H17F2NO4. The zero-order valence-corrected chi connectivity index (χ0v) is 14.4. The van der Waals surface area contributed by atoms with Gasteiger partial charge in [-0.3, -0.25) is 4.79 Å². The van der Waals surface area contributed by atoms with Crippen LogP contribution in [0.25, 0.3) is 10.9 Å². The van der Waals surface area contributed by atoms with Gasteiger partial charge in [-0.15, -0.1) is 0 Å². The average molecular weight is 361 g/mol. The van der Waals surface area contributed by atoms with Crippen LogP contribution in [0.5, 0.6) is 0 Å². The van der Waals surface area contributed by atoms with Crippen molar-refractivity contribution >= 4 is 16.9 Å². The molecule has 1 aromatic carbocycles. The molecule has 1 fully saturated rings. The zero-order chi connectivity index (χ0) is 18.8. The van der Waals surface area contributed by atoms with Gasteiger partial charge in [0.25, 0.3) is 0 Å². The summed E-state index contributed by atoms with van der Waals surface area (Å²) in [5, 5.41) is -0.0944. The van der Waals surface area contributed by atoms with Gasteiger partial charge in [-0.05, 0) is 25.8 Å². The SMILES string of the molecule is CCOC(=O)c1cn(C2CC2)c2c(C#CCOC)c(F)c(F)cc2c1=O. The van der Waals surface area contributed by atoms with Crippen molar-refractivity contribution in [1.29, 1.82) is 0 Å². The maximum absolute atomic E-state index is 14.4. The molecule has 26 heavy (non-hydrogen) atoms. The Morgan fingerprint density at radius 1 is 1.38 bits per heavy atom. The van der Waals surface area contributed by atoms with E-state index in [1.54, 1.807) is 11.5 Å². The van der Waals surface area contributed by atoms with E-state index in [0.717, 1.165) is 18.9 Å². The molecule has 1 saturated carbocycles. The van der Waals surface area contributed by atoms with Crippen molar-refractivity contribution in [3.8, 4) is 11.8 Å². The van der Waals surface area contributed by atoms with Crippen molar-refractivity contribution in [2.75, 3.05) is 20.3 Å². The lowest BCUT2D eigenvalue weighted by Gasteiger charge is -2.14. The van der Waals surface area contributed by atoms with Gasteiger partial charge in [0, 0.05) is 19.3 Å². The summed E-state index contributed by atoms with van der Waals surface area (Å²) >= 11 is 0. The maximum Gasteiger partial charge on any atom is 0.343 e. The topological polar surface area (TPSA) is 57.5 Å². The summed E-state index contributed by atoms with van der Waals surface area (Å²) in [6.07, 6.45) is 2.98. The fourth-order valence-corrected chi connectivity index (χ4v) is 2.77. The van der Waals surface area contributed by atoms with E-state index in [1.807, 2.05) is 0 Å². The van der Waals surface area contributed by atoms with Gasteiger partial charge in [0.15, 0.2) is 11.6 Å². The minimum Gasteiger partial charge on any atom is -0.462 e. The molecular weight excluding hydrogens is 344 g/mol. The quantitative estimate of drug-likeness (QED) is 0.621. The van der Waals surface area contributed by atoms with Crippen LogP contribution in [0.1, 0.15) is 41.7 Å². The Labute approximate surface area is 148 Å². The largest absolute Gasteiger partial charge is 0.462 e. The lowest BCUT2D eigenvalue weighted by atomic mass is 10.1. The van der Waals surface area contributed by atoms with Crippen molar-refractivity contribution in [2.24, 2.45) is 0 Å². The molecule has 0 saturated heterocycles. The summed E-state index contributed by atoms with van der Waals surface area (Å²) in [5.74, 6) is 2.04. The molecule has 1 heterocycles. The number of carbonyl (C=O) groups is 1. The molecule has 1 aliphatic rings. The highest BCUT2D eigenvalue weighted by atomic mass is 19.2. The van der Waals surface area contributed by atoms with Gasteiger partial charge >= 0.3 is 5.97 Å². The molecule has 136 valence electrons. The first-order valence-corrected chi connectivity index (χ1v) is 8.21. The van der Waals surface area contributed by atoms with Crippen LogP contribution in [0, 0.1) is 23.5 Å². The first-order chi connectivity index (χ1) is 12.5. The van der Waals surface area contributed by atoms with Crippen LogP contribution in [-0.2, 0) is 9.47 Å². The molecule has 0 N–H and O–H groups in total. The fraction of sp³-hybridized carbons (Fsp3) is 0.368. The van der Waals surface area contributed by atoms with Crippen molar-refractivity contribution < 1.29 is 23.0 Å². The molecule has 0 radical (unpaired) electrons. The average Bonchev–Trinajstić information content (AvgIpc) is 3.44. The van der Waals surface area contributed by atoms with Crippen molar-refractivity contribution in [3.63, 3.8) is 0 Å². The third kappa shape index (κ3) is 3.20. The summed E-state index contributed by atoms with van der Waals surface area (Å²) in [4.78, 5) is 24.8. The molecule has 1 aromatic heterocycles. The van der Waals surface area contributed by atoms with Gasteiger partial charge in [0.05, 0.1) is 23.1 Å². The number of hydrogen-bond donors (Lipinski definition) is 0. The summed E-state index contributed by atoms with van der Waals surface area (Å²) in [5.41, 5.74) is -0.929. The highest BCUT2D eigenvalue weighted by molar-refractivity contribution is 5.95. The predicted molar refractivity (Wildman–Crippen MR) is 91.1 cm³/mol. The van der Waals surface area contributed by atoms with Crippen molar-refractivity contribution in [2.45, 2.75) is 25.8 Å². The molecule has 5 nitrogen and oxygen atoms in total. The van der Waals surface area contributed by atoms with Crippen molar-refractivity contribution in [3.05, 3.63) is 45.2 Å². The van der Waals surface area contributed by atoms with E-state index < -0.39 is 23.0 Å². The fourth-order valence-electron chi connectivity index (χ4n) is 2.77. The third-order valence-electron chi connectivity index (χ3n) is 4.07. The smallest absolute Gasteiger partial charge is 0.343 e. The van der Waals surface area contributed by atoms with Gasteiger partial charge in [0.2, 0.25) is 5.43 Å². The third-order valence-corrected chi connectivity index (χ3v) is 4.07. The van der Waals surface area contributed by atoms with Crippen LogP contribution in [0.3, 0.4) is 0 Å².